The minimum absolute atomic E-state index is 0.0907. The Balaban J connectivity index is 2.61. The van der Waals surface area contributed by atoms with Crippen molar-refractivity contribution in [2.75, 3.05) is 5.32 Å². The van der Waals surface area contributed by atoms with E-state index in [1.165, 1.54) is 12.1 Å². The predicted molar refractivity (Wildman–Crippen MR) is 72.0 cm³/mol. The van der Waals surface area contributed by atoms with E-state index in [2.05, 4.69) is 5.32 Å². The number of nitrogens with two attached hydrogens (primary N) is 1. The van der Waals surface area contributed by atoms with Crippen LogP contribution in [0.1, 0.15) is 37.3 Å². The summed E-state index contributed by atoms with van der Waals surface area (Å²) in [4.78, 5) is 11.6. The van der Waals surface area contributed by atoms with Gasteiger partial charge < -0.3 is 11.1 Å². The lowest BCUT2D eigenvalue weighted by atomic mass is 10.1. The van der Waals surface area contributed by atoms with E-state index in [-0.39, 0.29) is 17.5 Å². The third-order valence-electron chi connectivity index (χ3n) is 2.61. The Morgan fingerprint density at radius 1 is 1.37 bits per heavy atom. The second-order valence-electron chi connectivity index (χ2n) is 4.40. The number of benzene rings is 1. The number of hydrogen-bond donors (Lipinski definition) is 2. The molecule has 0 saturated heterocycles. The van der Waals surface area contributed by atoms with E-state index in [0.29, 0.717) is 17.7 Å². The van der Waals surface area contributed by atoms with Crippen LogP contribution in [0.4, 0.5) is 5.69 Å². The van der Waals surface area contributed by atoms with E-state index in [1.54, 1.807) is 6.07 Å². The van der Waals surface area contributed by atoms with Crippen molar-refractivity contribution >= 4 is 11.6 Å². The summed E-state index contributed by atoms with van der Waals surface area (Å²) in [6.45, 7) is 1.90. The molecule has 98 valence electrons. The molecule has 1 aromatic rings. The number of carbonyl (C=O) groups is 1. The van der Waals surface area contributed by atoms with Gasteiger partial charge in [-0.3, -0.25) is 4.79 Å². The van der Waals surface area contributed by atoms with Gasteiger partial charge in [0.2, 0.25) is 5.91 Å². The zero-order valence-corrected chi connectivity index (χ0v) is 10.8. The molecule has 0 saturated carbocycles. The molecule has 0 aliphatic rings. The maximum absolute atomic E-state index is 11.6. The van der Waals surface area contributed by atoms with E-state index in [1.807, 2.05) is 19.1 Å². The molecule has 3 N–H and O–H groups in total. The number of hydrogen-bond acceptors (Lipinski definition) is 4. The minimum atomic E-state index is -0.116. The van der Waals surface area contributed by atoms with Crippen molar-refractivity contribution in [1.29, 1.82) is 10.5 Å². The van der Waals surface area contributed by atoms with Crippen LogP contribution < -0.4 is 11.1 Å². The number of nitriles is 2. The van der Waals surface area contributed by atoms with E-state index < -0.39 is 0 Å². The molecule has 19 heavy (non-hydrogen) atoms. The quantitative estimate of drug-likeness (QED) is 0.839. The van der Waals surface area contributed by atoms with Crippen molar-refractivity contribution in [1.82, 2.24) is 0 Å². The van der Waals surface area contributed by atoms with Gasteiger partial charge in [0.1, 0.15) is 12.1 Å². The van der Waals surface area contributed by atoms with E-state index in [0.717, 1.165) is 12.8 Å². The fraction of sp³-hybridized carbons (Fsp3) is 0.357. The third kappa shape index (κ3) is 4.79. The number of nitrogens with zero attached hydrogens (tertiary/aromatic N) is 2. The summed E-state index contributed by atoms with van der Waals surface area (Å²) >= 11 is 0. The van der Waals surface area contributed by atoms with Crippen molar-refractivity contribution in [2.45, 2.75) is 32.2 Å². The average molecular weight is 256 g/mol. The third-order valence-corrected chi connectivity index (χ3v) is 2.61. The molecule has 0 aliphatic carbocycles. The molecule has 0 aliphatic heterocycles. The van der Waals surface area contributed by atoms with Crippen LogP contribution in [-0.2, 0) is 4.79 Å². The zero-order valence-electron chi connectivity index (χ0n) is 10.8. The highest BCUT2D eigenvalue weighted by molar-refractivity contribution is 5.91. The molecule has 5 heteroatoms. The number of carbonyl (C=O) groups excluding carboxylic acids is 1. The summed E-state index contributed by atoms with van der Waals surface area (Å²) in [5.41, 5.74) is 6.69. The summed E-state index contributed by atoms with van der Waals surface area (Å²) in [6.07, 6.45) is 1.92. The highest BCUT2D eigenvalue weighted by atomic mass is 16.1. The fourth-order valence-corrected chi connectivity index (χ4v) is 1.62. The first-order chi connectivity index (χ1) is 9.06. The molecule has 0 heterocycles. The van der Waals surface area contributed by atoms with E-state index >= 15 is 0 Å². The van der Waals surface area contributed by atoms with Gasteiger partial charge in [-0.25, -0.2) is 0 Å². The van der Waals surface area contributed by atoms with Crippen molar-refractivity contribution in [3.63, 3.8) is 0 Å². The van der Waals surface area contributed by atoms with Crippen molar-refractivity contribution in [2.24, 2.45) is 5.73 Å². The molecule has 0 aromatic heterocycles. The second-order valence-corrected chi connectivity index (χ2v) is 4.40. The minimum Gasteiger partial charge on any atom is -0.328 e. The van der Waals surface area contributed by atoms with Gasteiger partial charge in [0.05, 0.1) is 11.1 Å². The number of anilines is 1. The second kappa shape index (κ2) is 7.15. The van der Waals surface area contributed by atoms with Gasteiger partial charge in [0, 0.05) is 18.2 Å². The highest BCUT2D eigenvalue weighted by Crippen LogP contribution is 2.15. The smallest absolute Gasteiger partial charge is 0.224 e. The summed E-state index contributed by atoms with van der Waals surface area (Å²) in [6, 6.07) is 8.58. The normalized spacial score (nSPS) is 11.2. The first-order valence-electron chi connectivity index (χ1n) is 6.06. The standard InChI is InChI=1S/C14H16N4O/c1-10(17)3-2-4-14(19)18-13-6-5-11(8-15)12(7-13)9-16/h5-7,10H,2-4,17H2,1H3,(H,18,19). The Kier molecular flexibility index (Phi) is 5.53. The van der Waals surface area contributed by atoms with Crippen molar-refractivity contribution in [3.05, 3.63) is 29.3 Å². The molecule has 0 radical (unpaired) electrons. The van der Waals surface area contributed by atoms with Crippen molar-refractivity contribution < 1.29 is 4.79 Å². The highest BCUT2D eigenvalue weighted by Gasteiger charge is 2.06. The first-order valence-corrected chi connectivity index (χ1v) is 6.06. The molecular formula is C14H16N4O. The van der Waals surface area contributed by atoms with Crippen molar-refractivity contribution in [3.8, 4) is 12.1 Å². The Labute approximate surface area is 112 Å². The molecule has 5 nitrogen and oxygen atoms in total. The van der Waals surface area contributed by atoms with Crippen LogP contribution in [0.25, 0.3) is 0 Å². The van der Waals surface area contributed by atoms with Crippen LogP contribution in [0.5, 0.6) is 0 Å². The lowest BCUT2D eigenvalue weighted by Crippen LogP contribution is -2.16. The Morgan fingerprint density at radius 3 is 2.63 bits per heavy atom. The van der Waals surface area contributed by atoms with Gasteiger partial charge in [-0.05, 0) is 38.0 Å². The number of amides is 1. The fourth-order valence-electron chi connectivity index (χ4n) is 1.62. The molecule has 1 amide bonds. The topological polar surface area (TPSA) is 103 Å². The molecule has 0 bridgehead atoms. The summed E-state index contributed by atoms with van der Waals surface area (Å²) in [5, 5.41) is 20.4. The summed E-state index contributed by atoms with van der Waals surface area (Å²) < 4.78 is 0. The molecule has 1 atom stereocenters. The Hall–Kier alpha value is -2.37. The van der Waals surface area contributed by atoms with Crippen LogP contribution in [0.2, 0.25) is 0 Å². The average Bonchev–Trinajstić information content (AvgIpc) is 2.38. The van der Waals surface area contributed by atoms with Crippen LogP contribution >= 0.6 is 0 Å². The molecule has 0 spiro atoms. The maximum atomic E-state index is 11.6. The van der Waals surface area contributed by atoms with Gasteiger partial charge in [-0.2, -0.15) is 10.5 Å². The van der Waals surface area contributed by atoms with Gasteiger partial charge in [0.25, 0.3) is 0 Å². The van der Waals surface area contributed by atoms with Crippen LogP contribution in [-0.4, -0.2) is 11.9 Å². The molecule has 0 fully saturated rings. The monoisotopic (exact) mass is 256 g/mol. The van der Waals surface area contributed by atoms with Gasteiger partial charge in [-0.1, -0.05) is 0 Å². The van der Waals surface area contributed by atoms with E-state index in [9.17, 15) is 4.79 Å². The molecular weight excluding hydrogens is 240 g/mol. The van der Waals surface area contributed by atoms with Gasteiger partial charge in [-0.15, -0.1) is 0 Å². The first kappa shape index (κ1) is 14.7. The molecule has 1 rings (SSSR count). The zero-order chi connectivity index (χ0) is 14.3. The van der Waals surface area contributed by atoms with Gasteiger partial charge >= 0.3 is 0 Å². The largest absolute Gasteiger partial charge is 0.328 e. The lowest BCUT2D eigenvalue weighted by Gasteiger charge is -2.07. The maximum Gasteiger partial charge on any atom is 0.224 e. The Bertz CT molecular complexity index is 537. The number of rotatable bonds is 5. The van der Waals surface area contributed by atoms with Gasteiger partial charge in [0.15, 0.2) is 0 Å². The summed E-state index contributed by atoms with van der Waals surface area (Å²) in [7, 11) is 0. The SMILES string of the molecule is CC(N)CCCC(=O)Nc1ccc(C#N)c(C#N)c1. The van der Waals surface area contributed by atoms with Crippen LogP contribution in [0.15, 0.2) is 18.2 Å². The molecule has 1 aromatic carbocycles. The number of nitrogens with one attached hydrogen (secondary N) is 1. The van der Waals surface area contributed by atoms with E-state index in [4.69, 9.17) is 16.3 Å². The molecule has 1 unspecified atom stereocenters. The van der Waals surface area contributed by atoms with Crippen LogP contribution in [0.3, 0.4) is 0 Å². The lowest BCUT2D eigenvalue weighted by molar-refractivity contribution is -0.116. The Morgan fingerprint density at radius 2 is 2.05 bits per heavy atom. The van der Waals surface area contributed by atoms with Crippen LogP contribution in [0, 0.1) is 22.7 Å². The predicted octanol–water partition coefficient (Wildman–Crippen LogP) is 1.89. The summed E-state index contributed by atoms with van der Waals surface area (Å²) in [5.74, 6) is -0.116.